The molecule has 2 aromatic carbocycles. The second-order valence-electron chi connectivity index (χ2n) is 4.29. The molecule has 0 radical (unpaired) electrons. The van der Waals surface area contributed by atoms with Gasteiger partial charge in [0.15, 0.2) is 0 Å². The van der Waals surface area contributed by atoms with Gasteiger partial charge in [-0.15, -0.1) is 0 Å². The van der Waals surface area contributed by atoms with E-state index in [4.69, 9.17) is 14.7 Å². The van der Waals surface area contributed by atoms with Gasteiger partial charge in [0.25, 0.3) is 0 Å². The Bertz CT molecular complexity index is 707. The standard InChI is InChI=1S/C16H15NO3S/c1-19-14-5-3-4-6-16(14)21(18)11-12-7-8-13(10-17)15(9-12)20-2/h3-9H,11H2,1-2H3. The van der Waals surface area contributed by atoms with Gasteiger partial charge in [0.1, 0.15) is 17.6 Å². The van der Waals surface area contributed by atoms with Crippen molar-refractivity contribution in [2.24, 2.45) is 0 Å². The van der Waals surface area contributed by atoms with Crippen LogP contribution in [0.2, 0.25) is 0 Å². The normalized spacial score (nSPS) is 11.5. The molecule has 0 heterocycles. The van der Waals surface area contributed by atoms with Crippen molar-refractivity contribution < 1.29 is 13.7 Å². The second-order valence-corrected chi connectivity index (χ2v) is 5.71. The number of benzene rings is 2. The Morgan fingerprint density at radius 2 is 1.81 bits per heavy atom. The molecule has 0 saturated carbocycles. The zero-order chi connectivity index (χ0) is 15.2. The second kappa shape index (κ2) is 6.91. The topological polar surface area (TPSA) is 59.3 Å². The van der Waals surface area contributed by atoms with Crippen molar-refractivity contribution >= 4 is 10.8 Å². The summed E-state index contributed by atoms with van der Waals surface area (Å²) in [5.74, 6) is 1.44. The Morgan fingerprint density at radius 3 is 2.48 bits per heavy atom. The van der Waals surface area contributed by atoms with Gasteiger partial charge in [-0.25, -0.2) is 0 Å². The van der Waals surface area contributed by atoms with Crippen molar-refractivity contribution in [3.63, 3.8) is 0 Å². The van der Waals surface area contributed by atoms with Crippen LogP contribution < -0.4 is 9.47 Å². The van der Waals surface area contributed by atoms with Gasteiger partial charge in [-0.05, 0) is 29.8 Å². The Hall–Kier alpha value is -2.32. The van der Waals surface area contributed by atoms with Gasteiger partial charge in [-0.3, -0.25) is 4.21 Å². The number of ether oxygens (including phenoxy) is 2. The van der Waals surface area contributed by atoms with E-state index in [9.17, 15) is 4.21 Å². The lowest BCUT2D eigenvalue weighted by atomic mass is 10.1. The third-order valence-electron chi connectivity index (χ3n) is 3.00. The van der Waals surface area contributed by atoms with Crippen molar-refractivity contribution in [1.82, 2.24) is 0 Å². The van der Waals surface area contributed by atoms with E-state index >= 15 is 0 Å². The van der Waals surface area contributed by atoms with E-state index in [0.717, 1.165) is 5.56 Å². The molecule has 0 aliphatic heterocycles. The summed E-state index contributed by atoms with van der Waals surface area (Å²) < 4.78 is 22.9. The molecular formula is C16H15NO3S. The summed E-state index contributed by atoms with van der Waals surface area (Å²) in [6.45, 7) is 0. The van der Waals surface area contributed by atoms with E-state index in [1.54, 1.807) is 37.4 Å². The molecule has 0 fully saturated rings. The maximum atomic E-state index is 12.5. The Labute approximate surface area is 126 Å². The Balaban J connectivity index is 2.26. The van der Waals surface area contributed by atoms with E-state index in [1.165, 1.54) is 7.11 Å². The van der Waals surface area contributed by atoms with Crippen LogP contribution in [0.4, 0.5) is 0 Å². The SMILES string of the molecule is COc1cc(CS(=O)c2ccccc2OC)ccc1C#N. The number of nitrogens with zero attached hydrogens (tertiary/aromatic N) is 1. The van der Waals surface area contributed by atoms with Crippen molar-refractivity contribution in [2.45, 2.75) is 10.6 Å². The average Bonchev–Trinajstić information content (AvgIpc) is 2.54. The van der Waals surface area contributed by atoms with E-state index < -0.39 is 10.8 Å². The fraction of sp³-hybridized carbons (Fsp3) is 0.188. The molecular weight excluding hydrogens is 286 g/mol. The summed E-state index contributed by atoms with van der Waals surface area (Å²) in [6.07, 6.45) is 0. The molecule has 0 aliphatic rings. The highest BCUT2D eigenvalue weighted by Crippen LogP contribution is 2.25. The van der Waals surface area contributed by atoms with Crippen molar-refractivity contribution in [1.29, 1.82) is 5.26 Å². The number of hydrogen-bond acceptors (Lipinski definition) is 4. The summed E-state index contributed by atoms with van der Waals surface area (Å²) >= 11 is 0. The zero-order valence-corrected chi connectivity index (χ0v) is 12.6. The maximum absolute atomic E-state index is 12.5. The lowest BCUT2D eigenvalue weighted by molar-refractivity contribution is 0.404. The first-order chi connectivity index (χ1) is 10.2. The van der Waals surface area contributed by atoms with Gasteiger partial charge < -0.3 is 9.47 Å². The maximum Gasteiger partial charge on any atom is 0.136 e. The quantitative estimate of drug-likeness (QED) is 0.852. The highest BCUT2D eigenvalue weighted by molar-refractivity contribution is 7.84. The highest BCUT2D eigenvalue weighted by atomic mass is 32.2. The predicted octanol–water partition coefficient (Wildman–Crippen LogP) is 2.88. The predicted molar refractivity (Wildman–Crippen MR) is 80.8 cm³/mol. The van der Waals surface area contributed by atoms with Crippen molar-refractivity contribution in [2.75, 3.05) is 14.2 Å². The molecule has 2 rings (SSSR count). The molecule has 108 valence electrons. The van der Waals surface area contributed by atoms with Crippen LogP contribution in [0, 0.1) is 11.3 Å². The molecule has 0 aliphatic carbocycles. The minimum atomic E-state index is -1.23. The molecule has 0 N–H and O–H groups in total. The van der Waals surface area contributed by atoms with Crippen LogP contribution in [0.5, 0.6) is 11.5 Å². The van der Waals surface area contributed by atoms with Gasteiger partial charge in [-0.2, -0.15) is 5.26 Å². The molecule has 0 amide bonds. The first-order valence-corrected chi connectivity index (χ1v) is 7.60. The fourth-order valence-corrected chi connectivity index (χ4v) is 3.20. The molecule has 0 bridgehead atoms. The van der Waals surface area contributed by atoms with Crippen LogP contribution in [0.3, 0.4) is 0 Å². The molecule has 4 nitrogen and oxygen atoms in total. The van der Waals surface area contributed by atoms with Crippen LogP contribution in [-0.2, 0) is 16.6 Å². The summed E-state index contributed by atoms with van der Waals surface area (Å²) in [5, 5.41) is 8.96. The van der Waals surface area contributed by atoms with Crippen LogP contribution in [-0.4, -0.2) is 18.4 Å². The lowest BCUT2D eigenvalue weighted by Gasteiger charge is -2.09. The number of rotatable bonds is 5. The van der Waals surface area contributed by atoms with Gasteiger partial charge in [0.05, 0.1) is 41.2 Å². The van der Waals surface area contributed by atoms with Crippen LogP contribution in [0.25, 0.3) is 0 Å². The number of para-hydroxylation sites is 1. The zero-order valence-electron chi connectivity index (χ0n) is 11.8. The smallest absolute Gasteiger partial charge is 0.136 e. The summed E-state index contributed by atoms with van der Waals surface area (Å²) in [4.78, 5) is 0.656. The number of hydrogen-bond donors (Lipinski definition) is 0. The third-order valence-corrected chi connectivity index (χ3v) is 4.42. The molecule has 2 aromatic rings. The molecule has 5 heteroatoms. The summed E-state index contributed by atoms with van der Waals surface area (Å²) in [5.41, 5.74) is 1.31. The van der Waals surface area contributed by atoms with E-state index in [2.05, 4.69) is 6.07 Å². The van der Waals surface area contributed by atoms with Crippen LogP contribution in [0.1, 0.15) is 11.1 Å². The monoisotopic (exact) mass is 301 g/mol. The molecule has 21 heavy (non-hydrogen) atoms. The van der Waals surface area contributed by atoms with E-state index in [1.807, 2.05) is 12.1 Å². The first-order valence-electron chi connectivity index (χ1n) is 6.28. The average molecular weight is 301 g/mol. The molecule has 0 saturated heterocycles. The van der Waals surface area contributed by atoms with Gasteiger partial charge in [0, 0.05) is 0 Å². The Morgan fingerprint density at radius 1 is 1.10 bits per heavy atom. The minimum Gasteiger partial charge on any atom is -0.495 e. The van der Waals surface area contributed by atoms with Crippen LogP contribution >= 0.6 is 0 Å². The van der Waals surface area contributed by atoms with Gasteiger partial charge >= 0.3 is 0 Å². The van der Waals surface area contributed by atoms with Gasteiger partial charge in [0.2, 0.25) is 0 Å². The molecule has 0 spiro atoms. The number of methoxy groups -OCH3 is 2. The lowest BCUT2D eigenvalue weighted by Crippen LogP contribution is -2.00. The summed E-state index contributed by atoms with van der Waals surface area (Å²) in [7, 11) is 1.84. The summed E-state index contributed by atoms with van der Waals surface area (Å²) in [6, 6.07) is 14.5. The van der Waals surface area contributed by atoms with E-state index in [0.29, 0.717) is 27.7 Å². The van der Waals surface area contributed by atoms with Gasteiger partial charge in [-0.1, -0.05) is 18.2 Å². The van der Waals surface area contributed by atoms with E-state index in [-0.39, 0.29) is 0 Å². The van der Waals surface area contributed by atoms with Crippen molar-refractivity contribution in [3.05, 3.63) is 53.6 Å². The minimum absolute atomic E-state index is 0.336. The Kier molecular flexibility index (Phi) is 4.96. The molecule has 1 unspecified atom stereocenters. The third kappa shape index (κ3) is 3.41. The first kappa shape index (κ1) is 15.1. The molecule has 1 atom stereocenters. The van der Waals surface area contributed by atoms with Crippen molar-refractivity contribution in [3.8, 4) is 17.6 Å². The fourth-order valence-electron chi connectivity index (χ4n) is 1.95. The van der Waals surface area contributed by atoms with Crippen LogP contribution in [0.15, 0.2) is 47.4 Å². The largest absolute Gasteiger partial charge is 0.495 e. The number of nitriles is 1. The molecule has 0 aromatic heterocycles. The highest BCUT2D eigenvalue weighted by Gasteiger charge is 2.12.